The average molecular weight is 404 g/mol. The van der Waals surface area contributed by atoms with E-state index in [0.717, 1.165) is 16.9 Å². The molecule has 3 rings (SSSR count). The van der Waals surface area contributed by atoms with Crippen LogP contribution in [0.15, 0.2) is 77.9 Å². The van der Waals surface area contributed by atoms with E-state index in [2.05, 4.69) is 10.5 Å². The van der Waals surface area contributed by atoms with Crippen molar-refractivity contribution in [3.8, 4) is 17.2 Å². The van der Waals surface area contributed by atoms with E-state index in [1.807, 2.05) is 61.5 Å². The minimum Gasteiger partial charge on any atom is -0.493 e. The molecule has 0 bridgehead atoms. The van der Waals surface area contributed by atoms with Gasteiger partial charge >= 0.3 is 0 Å². The number of nitrogens with zero attached hydrogens (tertiary/aromatic N) is 1. The number of hydrazone groups is 1. The van der Waals surface area contributed by atoms with Crippen LogP contribution in [0.1, 0.15) is 28.4 Å². The van der Waals surface area contributed by atoms with Gasteiger partial charge in [-0.1, -0.05) is 42.5 Å². The van der Waals surface area contributed by atoms with E-state index in [1.54, 1.807) is 31.5 Å². The molecule has 0 spiro atoms. The number of benzene rings is 3. The van der Waals surface area contributed by atoms with Gasteiger partial charge in [0.15, 0.2) is 11.5 Å². The molecule has 0 atom stereocenters. The third-order valence-electron chi connectivity index (χ3n) is 4.21. The molecular formula is C24H24N2O4. The van der Waals surface area contributed by atoms with E-state index in [-0.39, 0.29) is 5.91 Å². The quantitative estimate of drug-likeness (QED) is 0.423. The van der Waals surface area contributed by atoms with Crippen molar-refractivity contribution in [3.05, 3.63) is 89.5 Å². The van der Waals surface area contributed by atoms with E-state index < -0.39 is 0 Å². The van der Waals surface area contributed by atoms with Gasteiger partial charge in [0.05, 0.1) is 19.9 Å². The first kappa shape index (κ1) is 20.9. The van der Waals surface area contributed by atoms with Crippen LogP contribution in [0.5, 0.6) is 17.2 Å². The van der Waals surface area contributed by atoms with E-state index in [9.17, 15) is 4.79 Å². The summed E-state index contributed by atoms with van der Waals surface area (Å²) in [6.07, 6.45) is 1.57. The number of carbonyl (C=O) groups is 1. The Hall–Kier alpha value is -3.80. The molecule has 0 radical (unpaired) electrons. The van der Waals surface area contributed by atoms with Crippen LogP contribution in [0.25, 0.3) is 0 Å². The number of rotatable bonds is 9. The minimum atomic E-state index is -0.341. The highest BCUT2D eigenvalue weighted by Crippen LogP contribution is 2.28. The highest BCUT2D eigenvalue weighted by atomic mass is 16.5. The molecule has 154 valence electrons. The minimum absolute atomic E-state index is 0.341. The summed E-state index contributed by atoms with van der Waals surface area (Å²) >= 11 is 0. The second-order valence-electron chi connectivity index (χ2n) is 6.34. The Morgan fingerprint density at radius 3 is 2.57 bits per heavy atom. The monoisotopic (exact) mass is 404 g/mol. The predicted octanol–water partition coefficient (Wildman–Crippen LogP) is 4.44. The lowest BCUT2D eigenvalue weighted by atomic mass is 10.2. The third kappa shape index (κ3) is 5.85. The molecule has 6 heteroatoms. The van der Waals surface area contributed by atoms with Gasteiger partial charge < -0.3 is 14.2 Å². The molecule has 0 unspecified atom stereocenters. The van der Waals surface area contributed by atoms with Gasteiger partial charge in [-0.25, -0.2) is 5.43 Å². The zero-order valence-electron chi connectivity index (χ0n) is 17.0. The first-order valence-electron chi connectivity index (χ1n) is 9.60. The zero-order chi connectivity index (χ0) is 21.2. The van der Waals surface area contributed by atoms with Crippen molar-refractivity contribution in [2.24, 2.45) is 5.10 Å². The molecule has 0 saturated carbocycles. The molecule has 0 aromatic heterocycles. The van der Waals surface area contributed by atoms with Gasteiger partial charge in [-0.3, -0.25) is 4.79 Å². The molecule has 6 nitrogen and oxygen atoms in total. The Morgan fingerprint density at radius 1 is 0.967 bits per heavy atom. The molecule has 30 heavy (non-hydrogen) atoms. The molecule has 0 saturated heterocycles. The van der Waals surface area contributed by atoms with Crippen molar-refractivity contribution in [2.45, 2.75) is 13.5 Å². The molecule has 3 aromatic rings. The van der Waals surface area contributed by atoms with Crippen molar-refractivity contribution in [3.63, 3.8) is 0 Å². The maximum Gasteiger partial charge on any atom is 0.271 e. The van der Waals surface area contributed by atoms with Crippen LogP contribution in [0.2, 0.25) is 0 Å². The highest BCUT2D eigenvalue weighted by molar-refractivity contribution is 5.95. The van der Waals surface area contributed by atoms with Crippen molar-refractivity contribution in [1.82, 2.24) is 5.43 Å². The average Bonchev–Trinajstić information content (AvgIpc) is 2.79. The number of nitrogens with one attached hydrogen (secondary N) is 1. The fourth-order valence-corrected chi connectivity index (χ4v) is 2.74. The summed E-state index contributed by atoms with van der Waals surface area (Å²) in [5, 5.41) is 4.04. The van der Waals surface area contributed by atoms with Crippen LogP contribution in [-0.2, 0) is 6.61 Å². The van der Waals surface area contributed by atoms with Gasteiger partial charge in [-0.2, -0.15) is 5.10 Å². The van der Waals surface area contributed by atoms with Crippen molar-refractivity contribution in [2.75, 3.05) is 13.7 Å². The van der Waals surface area contributed by atoms with E-state index in [1.165, 1.54) is 0 Å². The van der Waals surface area contributed by atoms with Crippen LogP contribution >= 0.6 is 0 Å². The number of methoxy groups -OCH3 is 1. The second kappa shape index (κ2) is 10.7. The number of carbonyl (C=O) groups excluding carboxylic acids is 1. The van der Waals surface area contributed by atoms with Gasteiger partial charge in [0.25, 0.3) is 5.91 Å². The van der Waals surface area contributed by atoms with Crippen LogP contribution in [-0.4, -0.2) is 25.8 Å². The maximum absolute atomic E-state index is 12.4. The van der Waals surface area contributed by atoms with E-state index >= 15 is 0 Å². The normalized spacial score (nSPS) is 10.6. The Kier molecular flexibility index (Phi) is 7.44. The summed E-state index contributed by atoms with van der Waals surface area (Å²) in [5.41, 5.74) is 4.86. The molecule has 1 N–H and O–H groups in total. The molecular weight excluding hydrogens is 380 g/mol. The summed E-state index contributed by atoms with van der Waals surface area (Å²) in [6, 6.07) is 22.4. The van der Waals surface area contributed by atoms with Crippen molar-refractivity contribution >= 4 is 12.1 Å². The standard InChI is InChI=1S/C24H24N2O4/c1-3-29-23-15-20(12-13-22(23)28-2)24(27)26-25-16-19-10-7-11-21(14-19)30-17-18-8-5-4-6-9-18/h4-16H,3,17H2,1-2H3,(H,26,27)/b25-16+. The number of hydrogen-bond acceptors (Lipinski definition) is 5. The van der Waals surface area contributed by atoms with Gasteiger partial charge in [0, 0.05) is 5.56 Å². The van der Waals surface area contributed by atoms with Crippen molar-refractivity contribution in [1.29, 1.82) is 0 Å². The Balaban J connectivity index is 1.59. The van der Waals surface area contributed by atoms with Gasteiger partial charge in [-0.05, 0) is 48.4 Å². The summed E-state index contributed by atoms with van der Waals surface area (Å²) < 4.78 is 16.5. The lowest BCUT2D eigenvalue weighted by molar-refractivity contribution is 0.0954. The third-order valence-corrected chi connectivity index (χ3v) is 4.21. The van der Waals surface area contributed by atoms with Crippen molar-refractivity contribution < 1.29 is 19.0 Å². The summed E-state index contributed by atoms with van der Waals surface area (Å²) in [7, 11) is 1.56. The molecule has 0 aliphatic carbocycles. The van der Waals surface area contributed by atoms with E-state index in [0.29, 0.717) is 30.3 Å². The van der Waals surface area contributed by atoms with E-state index in [4.69, 9.17) is 14.2 Å². The molecule has 0 fully saturated rings. The largest absolute Gasteiger partial charge is 0.493 e. The van der Waals surface area contributed by atoms with Crippen LogP contribution in [0.4, 0.5) is 0 Å². The SMILES string of the molecule is CCOc1cc(C(=O)N/N=C/c2cccc(OCc3ccccc3)c2)ccc1OC. The maximum atomic E-state index is 12.4. The molecule has 0 aliphatic rings. The fraction of sp³-hybridized carbons (Fsp3) is 0.167. The number of ether oxygens (including phenoxy) is 3. The number of amides is 1. The lowest BCUT2D eigenvalue weighted by Crippen LogP contribution is -2.17. The summed E-state index contributed by atoms with van der Waals surface area (Å²) in [5.74, 6) is 1.47. The topological polar surface area (TPSA) is 69.2 Å². The zero-order valence-corrected chi connectivity index (χ0v) is 17.0. The summed E-state index contributed by atoms with van der Waals surface area (Å²) in [4.78, 5) is 12.4. The number of hydrogen-bond donors (Lipinski definition) is 1. The van der Waals surface area contributed by atoms with Crippen LogP contribution in [0, 0.1) is 0 Å². The molecule has 0 heterocycles. The van der Waals surface area contributed by atoms with Crippen LogP contribution in [0.3, 0.4) is 0 Å². The van der Waals surface area contributed by atoms with Gasteiger partial charge in [0.2, 0.25) is 0 Å². The fourth-order valence-electron chi connectivity index (χ4n) is 2.74. The lowest BCUT2D eigenvalue weighted by Gasteiger charge is -2.10. The van der Waals surface area contributed by atoms with Gasteiger partial charge in [-0.15, -0.1) is 0 Å². The Labute approximate surface area is 176 Å². The predicted molar refractivity (Wildman–Crippen MR) is 116 cm³/mol. The first-order valence-corrected chi connectivity index (χ1v) is 9.60. The Morgan fingerprint density at radius 2 is 1.80 bits per heavy atom. The first-order chi connectivity index (χ1) is 14.7. The van der Waals surface area contributed by atoms with Crippen LogP contribution < -0.4 is 19.6 Å². The highest BCUT2D eigenvalue weighted by Gasteiger charge is 2.10. The molecule has 1 amide bonds. The smallest absolute Gasteiger partial charge is 0.271 e. The molecule has 0 aliphatic heterocycles. The van der Waals surface area contributed by atoms with Gasteiger partial charge in [0.1, 0.15) is 12.4 Å². The second-order valence-corrected chi connectivity index (χ2v) is 6.34. The molecule has 3 aromatic carbocycles. The Bertz CT molecular complexity index is 1000. The summed E-state index contributed by atoms with van der Waals surface area (Å²) in [6.45, 7) is 2.83.